The quantitative estimate of drug-likeness (QED) is 0.567. The zero-order valence-corrected chi connectivity index (χ0v) is 8.71. The SMILES string of the molecule is Cc1cc(N)cc(C)c1OCCCO. The molecular weight excluding hydrogens is 178 g/mol. The molecule has 1 aromatic carbocycles. The van der Waals surface area contributed by atoms with E-state index in [-0.39, 0.29) is 6.61 Å². The largest absolute Gasteiger partial charge is 0.493 e. The number of hydrogen-bond acceptors (Lipinski definition) is 3. The molecule has 0 unspecified atom stereocenters. The average Bonchev–Trinajstić information content (AvgIpc) is 2.09. The van der Waals surface area contributed by atoms with E-state index in [1.807, 2.05) is 26.0 Å². The van der Waals surface area contributed by atoms with Gasteiger partial charge in [-0.3, -0.25) is 0 Å². The highest BCUT2D eigenvalue weighted by Gasteiger charge is 2.04. The molecule has 0 saturated carbocycles. The predicted octanol–water partition coefficient (Wildman–Crippen LogP) is 1.65. The fourth-order valence-corrected chi connectivity index (χ4v) is 1.45. The number of benzene rings is 1. The average molecular weight is 195 g/mol. The van der Waals surface area contributed by atoms with Gasteiger partial charge in [-0.05, 0) is 37.1 Å². The van der Waals surface area contributed by atoms with Gasteiger partial charge in [-0.2, -0.15) is 0 Å². The van der Waals surface area contributed by atoms with Crippen molar-refractivity contribution in [2.45, 2.75) is 20.3 Å². The van der Waals surface area contributed by atoms with Crippen LogP contribution < -0.4 is 10.5 Å². The lowest BCUT2D eigenvalue weighted by Gasteiger charge is -2.12. The summed E-state index contributed by atoms with van der Waals surface area (Å²) in [5, 5.41) is 8.63. The molecule has 1 aromatic rings. The number of rotatable bonds is 4. The Morgan fingerprint density at radius 1 is 1.29 bits per heavy atom. The second kappa shape index (κ2) is 4.86. The Balaban J connectivity index is 2.75. The molecular formula is C11H17NO2. The first kappa shape index (κ1) is 10.9. The van der Waals surface area contributed by atoms with E-state index in [9.17, 15) is 0 Å². The van der Waals surface area contributed by atoms with Gasteiger partial charge in [-0.15, -0.1) is 0 Å². The van der Waals surface area contributed by atoms with Gasteiger partial charge in [0, 0.05) is 18.7 Å². The predicted molar refractivity (Wildman–Crippen MR) is 57.5 cm³/mol. The number of aliphatic hydroxyl groups is 1. The number of hydrogen-bond donors (Lipinski definition) is 2. The molecule has 0 spiro atoms. The minimum absolute atomic E-state index is 0.160. The van der Waals surface area contributed by atoms with Gasteiger partial charge < -0.3 is 15.6 Å². The third-order valence-electron chi connectivity index (χ3n) is 2.03. The maximum absolute atomic E-state index is 8.63. The molecule has 14 heavy (non-hydrogen) atoms. The summed E-state index contributed by atoms with van der Waals surface area (Å²) in [6.45, 7) is 4.64. The Hall–Kier alpha value is -1.22. The lowest BCUT2D eigenvalue weighted by Crippen LogP contribution is -2.03. The van der Waals surface area contributed by atoms with Gasteiger partial charge in [0.15, 0.2) is 0 Å². The van der Waals surface area contributed by atoms with E-state index in [4.69, 9.17) is 15.6 Å². The van der Waals surface area contributed by atoms with Gasteiger partial charge in [-0.25, -0.2) is 0 Å². The van der Waals surface area contributed by atoms with Crippen molar-refractivity contribution in [3.05, 3.63) is 23.3 Å². The van der Waals surface area contributed by atoms with Crippen molar-refractivity contribution in [1.29, 1.82) is 0 Å². The summed E-state index contributed by atoms with van der Waals surface area (Å²) in [7, 11) is 0. The highest BCUT2D eigenvalue weighted by atomic mass is 16.5. The van der Waals surface area contributed by atoms with Gasteiger partial charge in [0.1, 0.15) is 5.75 Å². The molecule has 3 heteroatoms. The fraction of sp³-hybridized carbons (Fsp3) is 0.455. The van der Waals surface area contributed by atoms with Gasteiger partial charge in [0.05, 0.1) is 6.61 Å². The van der Waals surface area contributed by atoms with Gasteiger partial charge in [-0.1, -0.05) is 0 Å². The first-order chi connectivity index (χ1) is 6.65. The molecule has 1 rings (SSSR count). The molecule has 3 N–H and O–H groups in total. The van der Waals surface area contributed by atoms with Crippen LogP contribution in [0, 0.1) is 13.8 Å². The van der Waals surface area contributed by atoms with Crippen molar-refractivity contribution in [2.24, 2.45) is 0 Å². The van der Waals surface area contributed by atoms with Crippen molar-refractivity contribution < 1.29 is 9.84 Å². The maximum Gasteiger partial charge on any atom is 0.125 e. The summed E-state index contributed by atoms with van der Waals surface area (Å²) in [6.07, 6.45) is 0.656. The highest BCUT2D eigenvalue weighted by Crippen LogP contribution is 2.25. The summed E-state index contributed by atoms with van der Waals surface area (Å²) >= 11 is 0. The van der Waals surface area contributed by atoms with Crippen LogP contribution in [0.5, 0.6) is 5.75 Å². The minimum Gasteiger partial charge on any atom is -0.493 e. The molecule has 0 bridgehead atoms. The molecule has 0 aromatic heterocycles. The Kier molecular flexibility index (Phi) is 3.77. The van der Waals surface area contributed by atoms with Gasteiger partial charge in [0.25, 0.3) is 0 Å². The number of anilines is 1. The van der Waals surface area contributed by atoms with Crippen LogP contribution in [-0.4, -0.2) is 18.3 Å². The highest BCUT2D eigenvalue weighted by molar-refractivity contribution is 5.52. The van der Waals surface area contributed by atoms with E-state index in [1.54, 1.807) is 0 Å². The van der Waals surface area contributed by atoms with Crippen molar-refractivity contribution >= 4 is 5.69 Å². The summed E-state index contributed by atoms with van der Waals surface area (Å²) in [4.78, 5) is 0. The van der Waals surface area contributed by atoms with Gasteiger partial charge >= 0.3 is 0 Å². The standard InChI is InChI=1S/C11H17NO2/c1-8-6-10(12)7-9(2)11(8)14-5-3-4-13/h6-7,13H,3-5,12H2,1-2H3. The van der Waals surface area contributed by atoms with E-state index in [2.05, 4.69) is 0 Å². The molecule has 0 atom stereocenters. The van der Waals surface area contributed by atoms with Crippen LogP contribution in [0.3, 0.4) is 0 Å². The third-order valence-corrected chi connectivity index (χ3v) is 2.03. The van der Waals surface area contributed by atoms with Crippen LogP contribution in [0.25, 0.3) is 0 Å². The third kappa shape index (κ3) is 2.64. The smallest absolute Gasteiger partial charge is 0.125 e. The van der Waals surface area contributed by atoms with E-state index < -0.39 is 0 Å². The Morgan fingerprint density at radius 2 is 1.86 bits per heavy atom. The number of nitrogen functional groups attached to an aromatic ring is 1. The Bertz CT molecular complexity index is 287. The van der Waals surface area contributed by atoms with Crippen molar-refractivity contribution in [3.8, 4) is 5.75 Å². The number of aliphatic hydroxyl groups excluding tert-OH is 1. The van der Waals surface area contributed by atoms with E-state index >= 15 is 0 Å². The Morgan fingerprint density at radius 3 is 2.36 bits per heavy atom. The Labute approximate surface area is 84.5 Å². The molecule has 0 aliphatic heterocycles. The topological polar surface area (TPSA) is 55.5 Å². The first-order valence-electron chi connectivity index (χ1n) is 4.75. The van der Waals surface area contributed by atoms with Crippen LogP contribution >= 0.6 is 0 Å². The lowest BCUT2D eigenvalue weighted by molar-refractivity contribution is 0.232. The minimum atomic E-state index is 0.160. The van der Waals surface area contributed by atoms with Crippen molar-refractivity contribution in [3.63, 3.8) is 0 Å². The normalized spacial score (nSPS) is 10.2. The zero-order chi connectivity index (χ0) is 10.6. The molecule has 78 valence electrons. The van der Waals surface area contributed by atoms with E-state index in [0.717, 1.165) is 22.6 Å². The molecule has 0 amide bonds. The molecule has 0 radical (unpaired) electrons. The summed E-state index contributed by atoms with van der Waals surface area (Å²) in [6, 6.07) is 3.78. The molecule has 0 saturated heterocycles. The molecule has 0 heterocycles. The number of nitrogens with two attached hydrogens (primary N) is 1. The summed E-state index contributed by atoms with van der Waals surface area (Å²) < 4.78 is 5.55. The number of aryl methyl sites for hydroxylation is 2. The summed E-state index contributed by atoms with van der Waals surface area (Å²) in [5.74, 6) is 0.882. The first-order valence-corrected chi connectivity index (χ1v) is 4.75. The van der Waals surface area contributed by atoms with E-state index in [1.165, 1.54) is 0 Å². The molecule has 0 aliphatic rings. The van der Waals surface area contributed by atoms with Gasteiger partial charge in [0.2, 0.25) is 0 Å². The lowest BCUT2D eigenvalue weighted by atomic mass is 10.1. The monoisotopic (exact) mass is 195 g/mol. The van der Waals surface area contributed by atoms with Crippen LogP contribution in [0.1, 0.15) is 17.5 Å². The number of ether oxygens (including phenoxy) is 1. The van der Waals surface area contributed by atoms with Crippen LogP contribution in [-0.2, 0) is 0 Å². The molecule has 0 fully saturated rings. The molecule has 3 nitrogen and oxygen atoms in total. The van der Waals surface area contributed by atoms with Crippen LogP contribution in [0.15, 0.2) is 12.1 Å². The van der Waals surface area contributed by atoms with Crippen molar-refractivity contribution in [2.75, 3.05) is 18.9 Å². The van der Waals surface area contributed by atoms with Crippen molar-refractivity contribution in [1.82, 2.24) is 0 Å². The maximum atomic E-state index is 8.63. The second-order valence-electron chi connectivity index (χ2n) is 3.41. The molecule has 0 aliphatic carbocycles. The van der Waals surface area contributed by atoms with Crippen LogP contribution in [0.2, 0.25) is 0 Å². The fourth-order valence-electron chi connectivity index (χ4n) is 1.45. The van der Waals surface area contributed by atoms with E-state index in [0.29, 0.717) is 13.0 Å². The van der Waals surface area contributed by atoms with Crippen LogP contribution in [0.4, 0.5) is 5.69 Å². The summed E-state index contributed by atoms with van der Waals surface area (Å²) in [5.41, 5.74) is 8.53. The zero-order valence-electron chi connectivity index (χ0n) is 8.71. The second-order valence-corrected chi connectivity index (χ2v) is 3.41.